The zero-order valence-corrected chi connectivity index (χ0v) is 13.0. The van der Waals surface area contributed by atoms with E-state index < -0.39 is 5.97 Å². The van der Waals surface area contributed by atoms with Gasteiger partial charge < -0.3 is 19.8 Å². The average Bonchev–Trinajstić information content (AvgIpc) is 2.38. The Balaban J connectivity index is 2.67. The van der Waals surface area contributed by atoms with Crippen LogP contribution >= 0.6 is 0 Å². The minimum Gasteiger partial charge on any atom is -0.481 e. The molecule has 2 unspecified atom stereocenters. The number of urea groups is 1. The summed E-state index contributed by atoms with van der Waals surface area (Å²) >= 11 is 0. The van der Waals surface area contributed by atoms with Gasteiger partial charge in [0.1, 0.15) is 0 Å². The topological polar surface area (TPSA) is 64.1 Å². The Labute approximate surface area is 121 Å². The molecule has 0 aliphatic carbocycles. The summed E-state index contributed by atoms with van der Waals surface area (Å²) in [6.45, 7) is 5.71. The third kappa shape index (κ3) is 4.37. The van der Waals surface area contributed by atoms with E-state index in [9.17, 15) is 9.59 Å². The highest BCUT2D eigenvalue weighted by atomic mass is 16.4. The third-order valence-corrected chi connectivity index (χ3v) is 3.99. The molecular formula is C14H27N3O3. The number of likely N-dealkylation sites (tertiary alicyclic amines) is 1. The number of carboxylic acid groups (broad SMARTS) is 1. The van der Waals surface area contributed by atoms with E-state index in [0.29, 0.717) is 12.6 Å². The number of hydrogen-bond acceptors (Lipinski definition) is 3. The zero-order chi connectivity index (χ0) is 15.3. The van der Waals surface area contributed by atoms with E-state index in [4.69, 9.17) is 5.11 Å². The molecule has 20 heavy (non-hydrogen) atoms. The maximum Gasteiger partial charge on any atom is 0.320 e. The minimum absolute atomic E-state index is 0.00940. The maximum atomic E-state index is 12.6. The van der Waals surface area contributed by atoms with E-state index in [1.54, 1.807) is 11.8 Å². The van der Waals surface area contributed by atoms with Crippen molar-refractivity contribution in [1.29, 1.82) is 0 Å². The van der Waals surface area contributed by atoms with Gasteiger partial charge in [0.2, 0.25) is 0 Å². The van der Waals surface area contributed by atoms with Gasteiger partial charge in [-0.15, -0.1) is 0 Å². The highest BCUT2D eigenvalue weighted by Gasteiger charge is 2.29. The van der Waals surface area contributed by atoms with Gasteiger partial charge in [-0.2, -0.15) is 0 Å². The first-order valence-corrected chi connectivity index (χ1v) is 7.30. The number of hydrogen-bond donors (Lipinski definition) is 1. The quantitative estimate of drug-likeness (QED) is 0.827. The third-order valence-electron chi connectivity index (χ3n) is 3.99. The second kappa shape index (κ2) is 7.47. The second-order valence-corrected chi connectivity index (χ2v) is 5.72. The molecule has 0 spiro atoms. The zero-order valence-electron chi connectivity index (χ0n) is 13.0. The van der Waals surface area contributed by atoms with Crippen LogP contribution in [0.1, 0.15) is 33.1 Å². The number of carbonyl (C=O) groups excluding carboxylic acids is 1. The molecule has 0 aromatic heterocycles. The lowest BCUT2D eigenvalue weighted by molar-refractivity contribution is -0.138. The molecule has 1 saturated heterocycles. The molecule has 2 atom stereocenters. The molecule has 0 radical (unpaired) electrons. The predicted octanol–water partition coefficient (Wildman–Crippen LogP) is 1.32. The lowest BCUT2D eigenvalue weighted by Crippen LogP contribution is -2.53. The first-order valence-electron chi connectivity index (χ1n) is 7.30. The van der Waals surface area contributed by atoms with E-state index in [1.807, 2.05) is 25.9 Å². The monoisotopic (exact) mass is 285 g/mol. The summed E-state index contributed by atoms with van der Waals surface area (Å²) in [5.74, 6) is -0.867. The standard InChI is InChI=1S/C14H27N3O3/c1-5-17(11(2)9-13(18)19)14(20)16-8-6-7-12(10-16)15(3)4/h11-12H,5-10H2,1-4H3,(H,18,19). The highest BCUT2D eigenvalue weighted by molar-refractivity contribution is 5.76. The first kappa shape index (κ1) is 16.8. The van der Waals surface area contributed by atoms with E-state index in [2.05, 4.69) is 4.90 Å². The van der Waals surface area contributed by atoms with Gasteiger partial charge in [0.15, 0.2) is 0 Å². The van der Waals surface area contributed by atoms with E-state index >= 15 is 0 Å². The number of carbonyl (C=O) groups is 2. The molecule has 1 rings (SSSR count). The van der Waals surface area contributed by atoms with Crippen molar-refractivity contribution in [3.63, 3.8) is 0 Å². The molecule has 0 bridgehead atoms. The number of carboxylic acids is 1. The Kier molecular flexibility index (Phi) is 6.26. The summed E-state index contributed by atoms with van der Waals surface area (Å²) in [5.41, 5.74) is 0. The molecular weight excluding hydrogens is 258 g/mol. The Morgan fingerprint density at radius 1 is 1.40 bits per heavy atom. The summed E-state index contributed by atoms with van der Waals surface area (Å²) in [7, 11) is 4.06. The molecule has 1 N–H and O–H groups in total. The molecule has 1 heterocycles. The van der Waals surface area contributed by atoms with Crippen molar-refractivity contribution < 1.29 is 14.7 Å². The van der Waals surface area contributed by atoms with Crippen molar-refractivity contribution in [2.75, 3.05) is 33.7 Å². The second-order valence-electron chi connectivity index (χ2n) is 5.72. The molecule has 0 aromatic rings. The van der Waals surface area contributed by atoms with Crippen LogP contribution < -0.4 is 0 Å². The summed E-state index contributed by atoms with van der Waals surface area (Å²) in [6.07, 6.45) is 2.09. The highest BCUT2D eigenvalue weighted by Crippen LogP contribution is 2.17. The lowest BCUT2D eigenvalue weighted by atomic mass is 10.1. The molecule has 116 valence electrons. The summed E-state index contributed by atoms with van der Waals surface area (Å²) in [5, 5.41) is 8.88. The Bertz CT molecular complexity index is 347. The molecule has 0 saturated carbocycles. The number of nitrogens with zero attached hydrogens (tertiary/aromatic N) is 3. The van der Waals surface area contributed by atoms with E-state index in [1.165, 1.54) is 0 Å². The van der Waals surface area contributed by atoms with Crippen molar-refractivity contribution in [2.45, 2.75) is 45.2 Å². The van der Waals surface area contributed by atoms with Gasteiger partial charge in [-0.05, 0) is 40.8 Å². The van der Waals surface area contributed by atoms with Crippen molar-refractivity contribution in [1.82, 2.24) is 14.7 Å². The van der Waals surface area contributed by atoms with E-state index in [0.717, 1.165) is 25.9 Å². The van der Waals surface area contributed by atoms with Crippen molar-refractivity contribution in [2.24, 2.45) is 0 Å². The molecule has 1 fully saturated rings. The van der Waals surface area contributed by atoms with E-state index in [-0.39, 0.29) is 18.5 Å². The lowest BCUT2D eigenvalue weighted by Gasteiger charge is -2.39. The van der Waals surface area contributed by atoms with Crippen LogP contribution in [0.15, 0.2) is 0 Å². The normalized spacial score (nSPS) is 20.9. The fraction of sp³-hybridized carbons (Fsp3) is 0.857. The van der Waals surface area contributed by atoms with Crippen LogP contribution in [0, 0.1) is 0 Å². The van der Waals surface area contributed by atoms with Crippen LogP contribution in [-0.2, 0) is 4.79 Å². The molecule has 6 nitrogen and oxygen atoms in total. The van der Waals surface area contributed by atoms with Crippen LogP contribution in [-0.4, -0.2) is 77.6 Å². The van der Waals surface area contributed by atoms with Crippen LogP contribution in [0.3, 0.4) is 0 Å². The SMILES string of the molecule is CCN(C(=O)N1CCCC(N(C)C)C1)C(C)CC(=O)O. The predicted molar refractivity (Wildman–Crippen MR) is 77.8 cm³/mol. The summed E-state index contributed by atoms with van der Waals surface area (Å²) < 4.78 is 0. The molecule has 2 amide bonds. The first-order chi connectivity index (χ1) is 9.36. The van der Waals surface area contributed by atoms with Crippen molar-refractivity contribution in [3.05, 3.63) is 0 Å². The molecule has 0 aromatic carbocycles. The smallest absolute Gasteiger partial charge is 0.320 e. The molecule has 1 aliphatic rings. The number of amides is 2. The largest absolute Gasteiger partial charge is 0.481 e. The number of piperidine rings is 1. The van der Waals surface area contributed by atoms with Gasteiger partial charge in [-0.3, -0.25) is 4.79 Å². The molecule has 1 aliphatic heterocycles. The number of rotatable bonds is 5. The van der Waals surface area contributed by atoms with Crippen molar-refractivity contribution >= 4 is 12.0 Å². The van der Waals surface area contributed by atoms with Crippen LogP contribution in [0.5, 0.6) is 0 Å². The van der Waals surface area contributed by atoms with Crippen LogP contribution in [0.2, 0.25) is 0 Å². The van der Waals surface area contributed by atoms with Gasteiger partial charge in [-0.1, -0.05) is 0 Å². The average molecular weight is 285 g/mol. The number of likely N-dealkylation sites (N-methyl/N-ethyl adjacent to an activating group) is 1. The van der Waals surface area contributed by atoms with Gasteiger partial charge in [0.25, 0.3) is 0 Å². The Morgan fingerprint density at radius 2 is 2.05 bits per heavy atom. The fourth-order valence-corrected chi connectivity index (χ4v) is 2.73. The summed E-state index contributed by atoms with van der Waals surface area (Å²) in [4.78, 5) is 29.0. The van der Waals surface area contributed by atoms with Gasteiger partial charge in [-0.25, -0.2) is 4.79 Å². The van der Waals surface area contributed by atoms with Gasteiger partial charge >= 0.3 is 12.0 Å². The Morgan fingerprint density at radius 3 is 2.55 bits per heavy atom. The van der Waals surface area contributed by atoms with Gasteiger partial charge in [0.05, 0.1) is 6.42 Å². The van der Waals surface area contributed by atoms with Crippen LogP contribution in [0.25, 0.3) is 0 Å². The molecule has 6 heteroatoms. The number of aliphatic carboxylic acids is 1. The van der Waals surface area contributed by atoms with Crippen molar-refractivity contribution in [3.8, 4) is 0 Å². The van der Waals surface area contributed by atoms with Gasteiger partial charge in [0, 0.05) is 31.7 Å². The minimum atomic E-state index is -0.867. The summed E-state index contributed by atoms with van der Waals surface area (Å²) in [6, 6.07) is 0.0821. The van der Waals surface area contributed by atoms with Crippen LogP contribution in [0.4, 0.5) is 4.79 Å². The maximum absolute atomic E-state index is 12.6. The fourth-order valence-electron chi connectivity index (χ4n) is 2.73. The Hall–Kier alpha value is -1.30.